The number of benzene rings is 4. The van der Waals surface area contributed by atoms with Crippen molar-refractivity contribution in [1.29, 1.82) is 0 Å². The van der Waals surface area contributed by atoms with Gasteiger partial charge in [0.25, 0.3) is 11.1 Å². The van der Waals surface area contributed by atoms with Crippen LogP contribution in [-0.4, -0.2) is 28.8 Å². The van der Waals surface area contributed by atoms with Crippen LogP contribution in [-0.2, 0) is 9.84 Å². The predicted molar refractivity (Wildman–Crippen MR) is 141 cm³/mol. The fraction of sp³-hybridized carbons (Fsp3) is 0. The molecule has 6 rings (SSSR count). The van der Waals surface area contributed by atoms with Crippen molar-refractivity contribution in [3.63, 3.8) is 0 Å². The van der Waals surface area contributed by atoms with E-state index in [0.717, 1.165) is 11.1 Å². The van der Waals surface area contributed by atoms with E-state index in [0.29, 0.717) is 22.2 Å². The lowest BCUT2D eigenvalue weighted by Crippen LogP contribution is -2.12. The van der Waals surface area contributed by atoms with Gasteiger partial charge in [0.05, 0.1) is 32.0 Å². The van der Waals surface area contributed by atoms with E-state index in [1.807, 2.05) is 60.7 Å². The Kier molecular flexibility index (Phi) is 5.27. The van der Waals surface area contributed by atoms with Crippen molar-refractivity contribution >= 4 is 31.4 Å². The van der Waals surface area contributed by atoms with Gasteiger partial charge in [-0.2, -0.15) is 10.2 Å². The van der Waals surface area contributed by atoms with Crippen LogP contribution < -0.4 is 11.1 Å². The number of aromatic nitrogens is 4. The minimum absolute atomic E-state index is 0.0659. The Bertz CT molecular complexity index is 1890. The van der Waals surface area contributed by atoms with E-state index >= 15 is 0 Å². The summed E-state index contributed by atoms with van der Waals surface area (Å²) in [6.45, 7) is 0. The van der Waals surface area contributed by atoms with Gasteiger partial charge in [-0.15, -0.1) is 0 Å². The molecule has 9 heteroatoms. The highest BCUT2D eigenvalue weighted by atomic mass is 32.2. The summed E-state index contributed by atoms with van der Waals surface area (Å²) < 4.78 is 27.2. The van der Waals surface area contributed by atoms with Crippen molar-refractivity contribution in [2.45, 2.75) is 9.79 Å². The molecule has 0 saturated carbocycles. The molecule has 0 aliphatic rings. The summed E-state index contributed by atoms with van der Waals surface area (Å²) in [5.74, 6) is 0. The second-order valence-electron chi connectivity index (χ2n) is 8.45. The standard InChI is InChI=1S/C28H18N4O4S/c33-27-23-15-19(11-13-21(23)25(29-31-27)17-7-3-1-4-8-17)37(35,36)20-12-14-22-24(16-20)28(34)32-30-26(22)18-9-5-2-6-10-18/h1-16H,(H,31,33)(H,32,34). The lowest BCUT2D eigenvalue weighted by molar-refractivity contribution is 0.596. The van der Waals surface area contributed by atoms with Crippen molar-refractivity contribution in [2.75, 3.05) is 0 Å². The fourth-order valence-electron chi connectivity index (χ4n) is 4.39. The van der Waals surface area contributed by atoms with Gasteiger partial charge in [-0.25, -0.2) is 18.6 Å². The molecule has 37 heavy (non-hydrogen) atoms. The zero-order chi connectivity index (χ0) is 25.6. The number of aromatic amines is 2. The van der Waals surface area contributed by atoms with Crippen molar-refractivity contribution in [1.82, 2.24) is 20.4 Å². The lowest BCUT2D eigenvalue weighted by atomic mass is 10.1. The molecule has 0 amide bonds. The maximum atomic E-state index is 13.6. The topological polar surface area (TPSA) is 126 Å². The van der Waals surface area contributed by atoms with E-state index in [-0.39, 0.29) is 20.6 Å². The van der Waals surface area contributed by atoms with Gasteiger partial charge in [-0.3, -0.25) is 9.59 Å². The van der Waals surface area contributed by atoms with Gasteiger partial charge < -0.3 is 0 Å². The molecular weight excluding hydrogens is 488 g/mol. The quantitative estimate of drug-likeness (QED) is 0.367. The van der Waals surface area contributed by atoms with Crippen LogP contribution in [0, 0.1) is 0 Å². The Morgan fingerprint density at radius 1 is 0.514 bits per heavy atom. The third-order valence-corrected chi connectivity index (χ3v) is 7.98. The first kappa shape index (κ1) is 22.6. The highest BCUT2D eigenvalue weighted by Crippen LogP contribution is 2.31. The van der Waals surface area contributed by atoms with Gasteiger partial charge in [-0.05, 0) is 24.3 Å². The average Bonchev–Trinajstić information content (AvgIpc) is 2.94. The van der Waals surface area contributed by atoms with Crippen LogP contribution in [0.25, 0.3) is 44.1 Å². The first-order chi connectivity index (χ1) is 17.9. The van der Waals surface area contributed by atoms with E-state index in [4.69, 9.17) is 0 Å². The summed E-state index contributed by atoms with van der Waals surface area (Å²) in [4.78, 5) is 25.1. The molecule has 0 radical (unpaired) electrons. The van der Waals surface area contributed by atoms with Gasteiger partial charge in [0.15, 0.2) is 0 Å². The molecule has 0 saturated heterocycles. The zero-order valence-electron chi connectivity index (χ0n) is 19.2. The SMILES string of the molecule is O=c1[nH]nc(-c2ccccc2)c2ccc(S(=O)(=O)c3ccc4c(-c5ccccc5)n[nH]c(=O)c4c3)cc12. The van der Waals surface area contributed by atoms with Crippen molar-refractivity contribution < 1.29 is 8.42 Å². The van der Waals surface area contributed by atoms with Gasteiger partial charge >= 0.3 is 0 Å². The maximum absolute atomic E-state index is 13.6. The van der Waals surface area contributed by atoms with Crippen LogP contribution in [0.2, 0.25) is 0 Å². The number of fused-ring (bicyclic) bond motifs is 2. The third kappa shape index (κ3) is 3.82. The van der Waals surface area contributed by atoms with E-state index < -0.39 is 21.0 Å². The average molecular weight is 507 g/mol. The van der Waals surface area contributed by atoms with E-state index in [1.54, 1.807) is 12.1 Å². The number of rotatable bonds is 4. The number of nitrogens with one attached hydrogen (secondary N) is 2. The lowest BCUT2D eigenvalue weighted by Gasteiger charge is -2.10. The van der Waals surface area contributed by atoms with E-state index in [1.165, 1.54) is 24.3 Å². The van der Waals surface area contributed by atoms with E-state index in [9.17, 15) is 18.0 Å². The van der Waals surface area contributed by atoms with Crippen molar-refractivity contribution in [3.05, 3.63) is 118 Å². The highest BCUT2D eigenvalue weighted by molar-refractivity contribution is 7.91. The molecule has 2 aromatic heterocycles. The maximum Gasteiger partial charge on any atom is 0.272 e. The number of hydrogen-bond acceptors (Lipinski definition) is 6. The number of sulfone groups is 1. The molecule has 2 N–H and O–H groups in total. The van der Waals surface area contributed by atoms with E-state index in [2.05, 4.69) is 20.4 Å². The fourth-order valence-corrected chi connectivity index (χ4v) is 5.70. The van der Waals surface area contributed by atoms with Crippen LogP contribution in [0.4, 0.5) is 0 Å². The van der Waals surface area contributed by atoms with Gasteiger partial charge in [0.1, 0.15) is 0 Å². The molecule has 0 aliphatic carbocycles. The Morgan fingerprint density at radius 2 is 0.919 bits per heavy atom. The van der Waals surface area contributed by atoms with Gasteiger partial charge in [-0.1, -0.05) is 72.8 Å². The van der Waals surface area contributed by atoms with Gasteiger partial charge in [0, 0.05) is 21.9 Å². The summed E-state index contributed by atoms with van der Waals surface area (Å²) >= 11 is 0. The monoisotopic (exact) mass is 506 g/mol. The van der Waals surface area contributed by atoms with Crippen molar-refractivity contribution in [3.8, 4) is 22.5 Å². The smallest absolute Gasteiger partial charge is 0.267 e. The van der Waals surface area contributed by atoms with Crippen LogP contribution >= 0.6 is 0 Å². The summed E-state index contributed by atoms with van der Waals surface area (Å²) in [5.41, 5.74) is 1.65. The second-order valence-corrected chi connectivity index (χ2v) is 10.4. The molecule has 0 bridgehead atoms. The molecule has 180 valence electrons. The predicted octanol–water partition coefficient (Wildman–Crippen LogP) is 4.33. The highest BCUT2D eigenvalue weighted by Gasteiger charge is 2.21. The molecule has 0 spiro atoms. The summed E-state index contributed by atoms with van der Waals surface area (Å²) in [7, 11) is -4.06. The van der Waals surface area contributed by atoms with Gasteiger partial charge in [0.2, 0.25) is 9.84 Å². The Balaban J connectivity index is 1.50. The number of nitrogens with zero attached hydrogens (tertiary/aromatic N) is 2. The van der Waals surface area contributed by atoms with Crippen LogP contribution in [0.3, 0.4) is 0 Å². The Morgan fingerprint density at radius 3 is 1.32 bits per heavy atom. The summed E-state index contributed by atoms with van der Waals surface area (Å²) in [6, 6.07) is 27.3. The third-order valence-electron chi connectivity index (χ3n) is 6.24. The van der Waals surface area contributed by atoms with Crippen LogP contribution in [0.15, 0.2) is 116 Å². The number of H-pyrrole nitrogens is 2. The molecular formula is C28H18N4O4S. The molecule has 0 atom stereocenters. The summed E-state index contributed by atoms with van der Waals surface area (Å²) in [6.07, 6.45) is 0. The molecule has 0 unspecified atom stereocenters. The minimum atomic E-state index is -4.06. The Labute approximate surface area is 210 Å². The van der Waals surface area contributed by atoms with Crippen LogP contribution in [0.1, 0.15) is 0 Å². The Hall–Kier alpha value is -4.89. The first-order valence-corrected chi connectivity index (χ1v) is 12.8. The molecule has 8 nitrogen and oxygen atoms in total. The molecule has 2 heterocycles. The van der Waals surface area contributed by atoms with Crippen molar-refractivity contribution in [2.24, 2.45) is 0 Å². The first-order valence-electron chi connectivity index (χ1n) is 11.3. The number of hydrogen-bond donors (Lipinski definition) is 2. The largest absolute Gasteiger partial charge is 0.272 e. The molecule has 0 fully saturated rings. The van der Waals surface area contributed by atoms with Crippen LogP contribution in [0.5, 0.6) is 0 Å². The molecule has 0 aliphatic heterocycles. The molecule has 6 aromatic rings. The normalized spacial score (nSPS) is 11.7. The molecule has 4 aromatic carbocycles. The zero-order valence-corrected chi connectivity index (χ0v) is 20.0. The summed E-state index contributed by atoms with van der Waals surface area (Å²) in [5, 5.41) is 14.7. The minimum Gasteiger partial charge on any atom is -0.267 e. The second kappa shape index (κ2) is 8.65.